The number of hydrogen-bond acceptors (Lipinski definition) is 6. The molecule has 7 nitrogen and oxygen atoms in total. The Labute approximate surface area is 128 Å². The maximum Gasteiger partial charge on any atom is 0.220 e. The van der Waals surface area contributed by atoms with Gasteiger partial charge in [0.05, 0.1) is 5.25 Å². The highest BCUT2D eigenvalue weighted by atomic mass is 32.2. The molecule has 2 heterocycles. The Morgan fingerprint density at radius 2 is 1.91 bits per heavy atom. The maximum atomic E-state index is 12.3. The third-order valence-electron chi connectivity index (χ3n) is 3.89. The SMILES string of the molecule is CCS(=O)(=O)C1CN(S(=O)(=O)Cc2noc3ccccc23)C1. The van der Waals surface area contributed by atoms with E-state index in [0.717, 1.165) is 0 Å². The molecule has 1 aliphatic heterocycles. The Hall–Kier alpha value is -1.45. The number of sulfonamides is 1. The molecule has 1 aromatic carbocycles. The zero-order valence-electron chi connectivity index (χ0n) is 12.0. The molecule has 3 rings (SSSR count). The maximum absolute atomic E-state index is 12.3. The van der Waals surface area contributed by atoms with Crippen LogP contribution in [0.3, 0.4) is 0 Å². The zero-order valence-corrected chi connectivity index (χ0v) is 13.6. The van der Waals surface area contributed by atoms with Crippen LogP contribution in [0.15, 0.2) is 28.8 Å². The molecule has 120 valence electrons. The van der Waals surface area contributed by atoms with Crippen molar-refractivity contribution in [3.63, 3.8) is 0 Å². The highest BCUT2D eigenvalue weighted by molar-refractivity contribution is 7.92. The number of fused-ring (bicyclic) bond motifs is 1. The van der Waals surface area contributed by atoms with Gasteiger partial charge in [0.1, 0.15) is 11.4 Å². The molecule has 0 bridgehead atoms. The van der Waals surface area contributed by atoms with Crippen LogP contribution in [0.1, 0.15) is 12.6 Å². The number of aromatic nitrogens is 1. The lowest BCUT2D eigenvalue weighted by Gasteiger charge is -2.37. The average Bonchev–Trinajstić information content (AvgIpc) is 2.79. The van der Waals surface area contributed by atoms with E-state index in [1.807, 2.05) is 0 Å². The molecule has 0 aliphatic carbocycles. The molecule has 1 aliphatic rings. The molecule has 1 fully saturated rings. The number of sulfone groups is 1. The standard InChI is InChI=1S/C13H16N2O5S2/c1-2-21(16,17)10-7-15(8-10)22(18,19)9-12-11-5-3-4-6-13(11)20-14-12/h3-6,10H,2,7-9H2,1H3. The van der Waals surface area contributed by atoms with Crippen molar-refractivity contribution >= 4 is 30.8 Å². The summed E-state index contributed by atoms with van der Waals surface area (Å²) in [6.45, 7) is 1.61. The fraction of sp³-hybridized carbons (Fsp3) is 0.462. The zero-order chi connectivity index (χ0) is 16.0. The minimum absolute atomic E-state index is 0.0221. The summed E-state index contributed by atoms with van der Waals surface area (Å²) in [5.74, 6) is -0.262. The molecule has 2 aromatic rings. The van der Waals surface area contributed by atoms with Gasteiger partial charge in [0.15, 0.2) is 15.4 Å². The van der Waals surface area contributed by atoms with E-state index >= 15 is 0 Å². The summed E-state index contributed by atoms with van der Waals surface area (Å²) in [5, 5.41) is 3.87. The molecule has 0 radical (unpaired) electrons. The molecule has 22 heavy (non-hydrogen) atoms. The summed E-state index contributed by atoms with van der Waals surface area (Å²) in [4.78, 5) is 0. The monoisotopic (exact) mass is 344 g/mol. The van der Waals surface area contributed by atoms with Crippen LogP contribution < -0.4 is 0 Å². The van der Waals surface area contributed by atoms with E-state index < -0.39 is 25.1 Å². The molecule has 9 heteroatoms. The molecule has 0 atom stereocenters. The first-order chi connectivity index (χ1) is 10.3. The van der Waals surface area contributed by atoms with Crippen LogP contribution in [0, 0.1) is 0 Å². The lowest BCUT2D eigenvalue weighted by atomic mass is 10.2. The van der Waals surface area contributed by atoms with Crippen molar-refractivity contribution in [3.05, 3.63) is 30.0 Å². The van der Waals surface area contributed by atoms with E-state index in [-0.39, 0.29) is 24.6 Å². The molecule has 0 saturated carbocycles. The van der Waals surface area contributed by atoms with Gasteiger partial charge in [-0.25, -0.2) is 16.8 Å². The summed E-state index contributed by atoms with van der Waals surface area (Å²) >= 11 is 0. The molecule has 1 aromatic heterocycles. The minimum Gasteiger partial charge on any atom is -0.356 e. The van der Waals surface area contributed by atoms with Gasteiger partial charge in [-0.3, -0.25) is 0 Å². The second-order valence-electron chi connectivity index (χ2n) is 5.27. The number of rotatable bonds is 5. The lowest BCUT2D eigenvalue weighted by molar-refractivity contribution is 0.309. The molecule has 0 spiro atoms. The Balaban J connectivity index is 1.76. The summed E-state index contributed by atoms with van der Waals surface area (Å²) in [5.41, 5.74) is 0.875. The first-order valence-electron chi connectivity index (χ1n) is 6.86. The van der Waals surface area contributed by atoms with E-state index in [2.05, 4.69) is 5.16 Å². The van der Waals surface area contributed by atoms with Crippen molar-refractivity contribution in [1.29, 1.82) is 0 Å². The highest BCUT2D eigenvalue weighted by Crippen LogP contribution is 2.25. The van der Waals surface area contributed by atoms with Gasteiger partial charge in [0.2, 0.25) is 10.0 Å². The molecular weight excluding hydrogens is 328 g/mol. The minimum atomic E-state index is -3.59. The van der Waals surface area contributed by atoms with E-state index in [9.17, 15) is 16.8 Å². The van der Waals surface area contributed by atoms with Crippen LogP contribution in [-0.2, 0) is 25.6 Å². The predicted molar refractivity (Wildman–Crippen MR) is 81.5 cm³/mol. The van der Waals surface area contributed by atoms with Crippen molar-refractivity contribution < 1.29 is 21.4 Å². The lowest BCUT2D eigenvalue weighted by Crippen LogP contribution is -2.57. The van der Waals surface area contributed by atoms with Crippen LogP contribution in [0.2, 0.25) is 0 Å². The van der Waals surface area contributed by atoms with Crippen LogP contribution in [0.25, 0.3) is 11.0 Å². The van der Waals surface area contributed by atoms with Gasteiger partial charge in [-0.15, -0.1) is 0 Å². The van der Waals surface area contributed by atoms with Gasteiger partial charge < -0.3 is 4.52 Å². The van der Waals surface area contributed by atoms with Gasteiger partial charge in [-0.2, -0.15) is 4.31 Å². The van der Waals surface area contributed by atoms with Crippen LogP contribution in [0.5, 0.6) is 0 Å². The quantitative estimate of drug-likeness (QED) is 0.795. The Kier molecular flexibility index (Phi) is 3.74. The van der Waals surface area contributed by atoms with E-state index in [1.165, 1.54) is 4.31 Å². The van der Waals surface area contributed by atoms with Gasteiger partial charge in [-0.05, 0) is 12.1 Å². The molecule has 1 saturated heterocycles. The van der Waals surface area contributed by atoms with E-state index in [1.54, 1.807) is 31.2 Å². The summed E-state index contributed by atoms with van der Waals surface area (Å²) in [6.07, 6.45) is 0. The van der Waals surface area contributed by atoms with Crippen LogP contribution in [-0.4, -0.2) is 50.4 Å². The van der Waals surface area contributed by atoms with Crippen molar-refractivity contribution in [2.45, 2.75) is 17.9 Å². The molecule has 0 N–H and O–H groups in total. The summed E-state index contributed by atoms with van der Waals surface area (Å²) in [6, 6.07) is 7.02. The average molecular weight is 344 g/mol. The van der Waals surface area contributed by atoms with Gasteiger partial charge in [0.25, 0.3) is 0 Å². The Bertz CT molecular complexity index is 895. The molecular formula is C13H16N2O5S2. The third kappa shape index (κ3) is 2.64. The van der Waals surface area contributed by atoms with Crippen LogP contribution >= 0.6 is 0 Å². The smallest absolute Gasteiger partial charge is 0.220 e. The molecule has 0 amide bonds. The topological polar surface area (TPSA) is 97.6 Å². The third-order valence-corrected chi connectivity index (χ3v) is 7.73. The van der Waals surface area contributed by atoms with Crippen molar-refractivity contribution in [2.75, 3.05) is 18.8 Å². The van der Waals surface area contributed by atoms with E-state index in [0.29, 0.717) is 16.7 Å². The number of benzene rings is 1. The van der Waals surface area contributed by atoms with E-state index in [4.69, 9.17) is 4.52 Å². The van der Waals surface area contributed by atoms with Gasteiger partial charge >= 0.3 is 0 Å². The van der Waals surface area contributed by atoms with Crippen molar-refractivity contribution in [2.24, 2.45) is 0 Å². The van der Waals surface area contributed by atoms with Crippen LogP contribution in [0.4, 0.5) is 0 Å². The number of hydrogen-bond donors (Lipinski definition) is 0. The number of nitrogens with zero attached hydrogens (tertiary/aromatic N) is 2. The number of para-hydroxylation sites is 1. The summed E-state index contributed by atoms with van der Waals surface area (Å²) < 4.78 is 54.3. The fourth-order valence-electron chi connectivity index (χ4n) is 2.40. The van der Waals surface area contributed by atoms with Gasteiger partial charge in [-0.1, -0.05) is 24.2 Å². The Morgan fingerprint density at radius 1 is 1.23 bits per heavy atom. The first kappa shape index (κ1) is 15.4. The Morgan fingerprint density at radius 3 is 2.59 bits per heavy atom. The van der Waals surface area contributed by atoms with Crippen molar-refractivity contribution in [3.8, 4) is 0 Å². The first-order valence-corrected chi connectivity index (χ1v) is 10.2. The second-order valence-corrected chi connectivity index (χ2v) is 9.81. The normalized spacial score (nSPS) is 17.7. The van der Waals surface area contributed by atoms with Crippen molar-refractivity contribution in [1.82, 2.24) is 9.46 Å². The van der Waals surface area contributed by atoms with Gasteiger partial charge in [0, 0.05) is 24.2 Å². The fourth-order valence-corrected chi connectivity index (χ4v) is 5.42. The largest absolute Gasteiger partial charge is 0.356 e. The summed E-state index contributed by atoms with van der Waals surface area (Å²) in [7, 11) is -6.78. The second kappa shape index (κ2) is 5.32. The predicted octanol–water partition coefficient (Wildman–Crippen LogP) is 0.777. The molecule has 0 unspecified atom stereocenters. The highest BCUT2D eigenvalue weighted by Gasteiger charge is 2.42.